The molecule has 1 N–H and O–H groups in total. The van der Waals surface area contributed by atoms with Gasteiger partial charge >= 0.3 is 0 Å². The van der Waals surface area contributed by atoms with Crippen molar-refractivity contribution >= 4 is 43.5 Å². The normalized spacial score (nSPS) is 14.5. The molecule has 4 rings (SSSR count). The monoisotopic (exact) mass is 625 g/mol. The standard InChI is InChI=1S/C31H36BrN3O4S/c1-22-15-17-28(18-16-22)40(38,39)35(29-14-7-4-9-23(29)2)21-30(36)34(20-25-10-8-11-26(32)19-25)24(3)31(37)33-27-12-5-6-13-27/h4,7-11,14-19,24,27H,5-6,12-13,20-21H2,1-3H3,(H,33,37). The van der Waals surface area contributed by atoms with Crippen molar-refractivity contribution in [3.8, 4) is 0 Å². The summed E-state index contributed by atoms with van der Waals surface area (Å²) < 4.78 is 29.9. The topological polar surface area (TPSA) is 86.8 Å². The lowest BCUT2D eigenvalue weighted by Gasteiger charge is -2.33. The van der Waals surface area contributed by atoms with E-state index in [1.807, 2.05) is 50.2 Å². The smallest absolute Gasteiger partial charge is 0.264 e. The Morgan fingerprint density at radius 1 is 0.975 bits per heavy atom. The van der Waals surface area contributed by atoms with Crippen LogP contribution in [0.15, 0.2) is 82.2 Å². The lowest BCUT2D eigenvalue weighted by atomic mass is 10.1. The number of carbonyl (C=O) groups is 2. The number of nitrogens with one attached hydrogen (secondary N) is 1. The maximum atomic E-state index is 14.1. The molecular weight excluding hydrogens is 590 g/mol. The van der Waals surface area contributed by atoms with Gasteiger partial charge < -0.3 is 10.2 Å². The highest BCUT2D eigenvalue weighted by Crippen LogP contribution is 2.28. The molecule has 1 aliphatic rings. The molecule has 7 nitrogen and oxygen atoms in total. The van der Waals surface area contributed by atoms with Gasteiger partial charge in [-0.2, -0.15) is 0 Å². The summed E-state index contributed by atoms with van der Waals surface area (Å²) in [5, 5.41) is 3.09. The Labute approximate surface area is 245 Å². The third-order valence-corrected chi connectivity index (χ3v) is 9.65. The lowest BCUT2D eigenvalue weighted by Crippen LogP contribution is -2.52. The second kappa shape index (κ2) is 13.0. The average molecular weight is 627 g/mol. The summed E-state index contributed by atoms with van der Waals surface area (Å²) in [5.41, 5.74) is 2.89. The minimum atomic E-state index is -4.09. The number of aryl methyl sites for hydroxylation is 2. The Morgan fingerprint density at radius 2 is 1.65 bits per heavy atom. The number of nitrogens with zero attached hydrogens (tertiary/aromatic N) is 2. The van der Waals surface area contributed by atoms with Crippen LogP contribution in [-0.2, 0) is 26.2 Å². The van der Waals surface area contributed by atoms with Crippen molar-refractivity contribution < 1.29 is 18.0 Å². The third kappa shape index (κ3) is 7.12. The number of para-hydroxylation sites is 1. The molecule has 1 fully saturated rings. The van der Waals surface area contributed by atoms with Crippen LogP contribution in [0, 0.1) is 13.8 Å². The largest absolute Gasteiger partial charge is 0.352 e. The molecule has 9 heteroatoms. The Morgan fingerprint density at radius 3 is 2.30 bits per heavy atom. The van der Waals surface area contributed by atoms with Gasteiger partial charge in [-0.05, 0) is 75.1 Å². The average Bonchev–Trinajstić information content (AvgIpc) is 3.43. The van der Waals surface area contributed by atoms with E-state index in [0.717, 1.165) is 51.2 Å². The zero-order valence-electron chi connectivity index (χ0n) is 23.1. The Balaban J connectivity index is 1.69. The predicted molar refractivity (Wildman–Crippen MR) is 161 cm³/mol. The van der Waals surface area contributed by atoms with Gasteiger partial charge in [0.25, 0.3) is 10.0 Å². The highest BCUT2D eigenvalue weighted by molar-refractivity contribution is 9.10. The lowest BCUT2D eigenvalue weighted by molar-refractivity contribution is -0.139. The molecular formula is C31H36BrN3O4S. The van der Waals surface area contributed by atoms with Gasteiger partial charge in [-0.3, -0.25) is 13.9 Å². The number of amides is 2. The van der Waals surface area contributed by atoms with Crippen molar-refractivity contribution in [1.29, 1.82) is 0 Å². The zero-order valence-corrected chi connectivity index (χ0v) is 25.5. The molecule has 3 aromatic carbocycles. The van der Waals surface area contributed by atoms with Crippen molar-refractivity contribution in [2.45, 2.75) is 70.0 Å². The zero-order chi connectivity index (χ0) is 28.9. The van der Waals surface area contributed by atoms with Crippen molar-refractivity contribution in [2.75, 3.05) is 10.8 Å². The highest BCUT2D eigenvalue weighted by atomic mass is 79.9. The second-order valence-corrected chi connectivity index (χ2v) is 13.2. The van der Waals surface area contributed by atoms with E-state index in [-0.39, 0.29) is 23.4 Å². The molecule has 2 amide bonds. The number of anilines is 1. The molecule has 1 unspecified atom stereocenters. The summed E-state index contributed by atoms with van der Waals surface area (Å²) in [4.78, 5) is 29.0. The Kier molecular flexibility index (Phi) is 9.68. The summed E-state index contributed by atoms with van der Waals surface area (Å²) >= 11 is 3.48. The van der Waals surface area contributed by atoms with Crippen LogP contribution in [-0.4, -0.2) is 43.8 Å². The molecule has 1 atom stereocenters. The van der Waals surface area contributed by atoms with E-state index < -0.39 is 28.5 Å². The molecule has 1 aliphatic carbocycles. The predicted octanol–water partition coefficient (Wildman–Crippen LogP) is 5.74. The number of sulfonamides is 1. The summed E-state index contributed by atoms with van der Waals surface area (Å²) in [6.07, 6.45) is 3.99. The molecule has 0 saturated heterocycles. The van der Waals surface area contributed by atoms with E-state index in [1.54, 1.807) is 43.3 Å². The van der Waals surface area contributed by atoms with Crippen molar-refractivity contribution in [1.82, 2.24) is 10.2 Å². The summed E-state index contributed by atoms with van der Waals surface area (Å²) in [5.74, 6) is -0.702. The van der Waals surface area contributed by atoms with Crippen LogP contribution in [0.4, 0.5) is 5.69 Å². The SMILES string of the molecule is Cc1ccc(S(=O)(=O)N(CC(=O)N(Cc2cccc(Br)c2)C(C)C(=O)NC2CCCC2)c2ccccc2C)cc1. The fourth-order valence-corrected chi connectivity index (χ4v) is 6.93. The van der Waals surface area contributed by atoms with Gasteiger partial charge in [0.1, 0.15) is 12.6 Å². The molecule has 0 spiro atoms. The van der Waals surface area contributed by atoms with Gasteiger partial charge in [0.2, 0.25) is 11.8 Å². The minimum Gasteiger partial charge on any atom is -0.352 e. The van der Waals surface area contributed by atoms with E-state index in [0.29, 0.717) is 5.69 Å². The summed E-state index contributed by atoms with van der Waals surface area (Å²) in [7, 11) is -4.09. The number of rotatable bonds is 10. The van der Waals surface area contributed by atoms with E-state index in [2.05, 4.69) is 21.2 Å². The third-order valence-electron chi connectivity index (χ3n) is 7.38. The van der Waals surface area contributed by atoms with E-state index in [1.165, 1.54) is 4.90 Å². The second-order valence-electron chi connectivity index (χ2n) is 10.4. The highest BCUT2D eigenvalue weighted by Gasteiger charge is 2.33. The van der Waals surface area contributed by atoms with Crippen LogP contribution in [0.3, 0.4) is 0 Å². The quantitative estimate of drug-likeness (QED) is 0.311. The van der Waals surface area contributed by atoms with Crippen molar-refractivity contribution in [3.63, 3.8) is 0 Å². The molecule has 1 saturated carbocycles. The first-order chi connectivity index (χ1) is 19.1. The van der Waals surface area contributed by atoms with E-state index >= 15 is 0 Å². The molecule has 0 heterocycles. The van der Waals surface area contributed by atoms with Crippen LogP contribution < -0.4 is 9.62 Å². The van der Waals surface area contributed by atoms with Gasteiger partial charge in [-0.1, -0.05) is 76.8 Å². The maximum absolute atomic E-state index is 14.1. The first kappa shape index (κ1) is 29.8. The van der Waals surface area contributed by atoms with Crippen LogP contribution in [0.25, 0.3) is 0 Å². The van der Waals surface area contributed by atoms with E-state index in [9.17, 15) is 18.0 Å². The molecule has 3 aromatic rings. The maximum Gasteiger partial charge on any atom is 0.264 e. The molecule has 212 valence electrons. The summed E-state index contributed by atoms with van der Waals surface area (Å²) in [6.45, 7) is 5.11. The fourth-order valence-electron chi connectivity index (χ4n) is 5.00. The molecule has 0 aliphatic heterocycles. The molecule has 0 aromatic heterocycles. The molecule has 0 bridgehead atoms. The molecule has 40 heavy (non-hydrogen) atoms. The van der Waals surface area contributed by atoms with Crippen molar-refractivity contribution in [2.24, 2.45) is 0 Å². The number of hydrogen-bond acceptors (Lipinski definition) is 4. The van der Waals surface area contributed by atoms with Crippen molar-refractivity contribution in [3.05, 3.63) is 94.0 Å². The fraction of sp³-hybridized carbons (Fsp3) is 0.355. The minimum absolute atomic E-state index is 0.0970. The van der Waals surface area contributed by atoms with Crippen LogP contribution in [0.1, 0.15) is 49.3 Å². The van der Waals surface area contributed by atoms with Crippen LogP contribution in [0.2, 0.25) is 0 Å². The van der Waals surface area contributed by atoms with Crippen LogP contribution >= 0.6 is 15.9 Å². The van der Waals surface area contributed by atoms with Gasteiger partial charge in [-0.25, -0.2) is 8.42 Å². The van der Waals surface area contributed by atoms with Gasteiger partial charge in [-0.15, -0.1) is 0 Å². The van der Waals surface area contributed by atoms with Gasteiger partial charge in [0.05, 0.1) is 10.6 Å². The Hall–Kier alpha value is -3.17. The van der Waals surface area contributed by atoms with Gasteiger partial charge in [0.15, 0.2) is 0 Å². The number of halogens is 1. The van der Waals surface area contributed by atoms with E-state index in [4.69, 9.17) is 0 Å². The van der Waals surface area contributed by atoms with Crippen LogP contribution in [0.5, 0.6) is 0 Å². The Bertz CT molecular complexity index is 1450. The first-order valence-electron chi connectivity index (χ1n) is 13.6. The number of hydrogen-bond donors (Lipinski definition) is 1. The first-order valence-corrected chi connectivity index (χ1v) is 15.8. The molecule has 0 radical (unpaired) electrons. The number of benzene rings is 3. The number of carbonyl (C=O) groups excluding carboxylic acids is 2. The summed E-state index contributed by atoms with van der Waals surface area (Å²) in [6, 6.07) is 20.5. The van der Waals surface area contributed by atoms with Gasteiger partial charge in [0, 0.05) is 17.1 Å².